The molecule has 4 nitrogen and oxygen atoms in total. The first-order valence-corrected chi connectivity index (χ1v) is 3.47. The third-order valence-corrected chi connectivity index (χ3v) is 1.30. The van der Waals surface area contributed by atoms with Crippen LogP contribution in [0.2, 0.25) is 0 Å². The molecule has 0 saturated heterocycles. The van der Waals surface area contributed by atoms with E-state index in [0.29, 0.717) is 5.69 Å². The Morgan fingerprint density at radius 2 is 2.58 bits per heavy atom. The van der Waals surface area contributed by atoms with E-state index >= 15 is 0 Å². The summed E-state index contributed by atoms with van der Waals surface area (Å²) in [5, 5.41) is 0. The van der Waals surface area contributed by atoms with Crippen molar-refractivity contribution >= 4 is 5.91 Å². The van der Waals surface area contributed by atoms with E-state index in [-0.39, 0.29) is 6.42 Å². The first-order valence-electron chi connectivity index (χ1n) is 3.47. The smallest absolute Gasteiger partial charge is 0.229 e. The summed E-state index contributed by atoms with van der Waals surface area (Å²) in [5.41, 5.74) is 6.46. The highest BCUT2D eigenvalue weighted by atomic mass is 16.1. The van der Waals surface area contributed by atoms with Crippen molar-refractivity contribution in [2.45, 2.75) is 13.3 Å². The molecule has 1 aromatic rings. The number of aryl methyl sites for hydroxylation is 1. The zero-order chi connectivity index (χ0) is 8.97. The Hall–Kier alpha value is -1.76. The van der Waals surface area contributed by atoms with Crippen molar-refractivity contribution in [2.24, 2.45) is 5.73 Å². The Kier molecular flexibility index (Phi) is 2.49. The molecule has 1 heterocycles. The minimum absolute atomic E-state index is 0.0757. The summed E-state index contributed by atoms with van der Waals surface area (Å²) in [6, 6.07) is 0. The molecule has 0 aliphatic heterocycles. The van der Waals surface area contributed by atoms with Gasteiger partial charge in [0.15, 0.2) is 0 Å². The number of nitrogens with one attached hydrogen (secondary N) is 1. The normalized spacial score (nSPS) is 8.75. The van der Waals surface area contributed by atoms with E-state index in [9.17, 15) is 4.79 Å². The topological polar surface area (TPSA) is 71.8 Å². The van der Waals surface area contributed by atoms with Gasteiger partial charge < -0.3 is 10.7 Å². The Bertz CT molecular complexity index is 343. The van der Waals surface area contributed by atoms with Crippen molar-refractivity contribution < 1.29 is 4.79 Å². The van der Waals surface area contributed by atoms with Crippen molar-refractivity contribution in [3.05, 3.63) is 17.7 Å². The third kappa shape index (κ3) is 2.13. The van der Waals surface area contributed by atoms with Crippen molar-refractivity contribution in [2.75, 3.05) is 0 Å². The predicted octanol–water partition coefficient (Wildman–Crippen LogP) is -0.0550. The first-order chi connectivity index (χ1) is 5.70. The van der Waals surface area contributed by atoms with Gasteiger partial charge in [-0.05, 0) is 12.8 Å². The fourth-order valence-electron chi connectivity index (χ4n) is 0.700. The maximum absolute atomic E-state index is 10.3. The molecule has 0 spiro atoms. The van der Waals surface area contributed by atoms with Crippen molar-refractivity contribution in [1.29, 1.82) is 0 Å². The molecule has 0 fully saturated rings. The van der Waals surface area contributed by atoms with Crippen LogP contribution >= 0.6 is 0 Å². The largest absolute Gasteiger partial charge is 0.369 e. The van der Waals surface area contributed by atoms with Gasteiger partial charge in [0, 0.05) is 5.69 Å². The van der Waals surface area contributed by atoms with Crippen LogP contribution in [0, 0.1) is 18.8 Å². The summed E-state index contributed by atoms with van der Waals surface area (Å²) < 4.78 is 0. The molecule has 12 heavy (non-hydrogen) atoms. The van der Waals surface area contributed by atoms with Gasteiger partial charge in [-0.25, -0.2) is 4.98 Å². The van der Waals surface area contributed by atoms with Gasteiger partial charge in [0.1, 0.15) is 5.69 Å². The molecule has 1 rings (SSSR count). The number of aromatic nitrogens is 2. The van der Waals surface area contributed by atoms with Crippen LogP contribution in [0.15, 0.2) is 6.33 Å². The molecule has 0 bridgehead atoms. The Morgan fingerprint density at radius 1 is 1.83 bits per heavy atom. The lowest BCUT2D eigenvalue weighted by Gasteiger charge is -1.82. The third-order valence-electron chi connectivity index (χ3n) is 1.30. The SMILES string of the molecule is Cc1[nH]cnc1C#CCC(N)=O. The minimum atomic E-state index is -0.421. The molecule has 62 valence electrons. The van der Waals surface area contributed by atoms with Crippen LogP contribution in [0.3, 0.4) is 0 Å². The Morgan fingerprint density at radius 3 is 3.08 bits per heavy atom. The lowest BCUT2D eigenvalue weighted by Crippen LogP contribution is -2.08. The molecule has 0 aliphatic rings. The van der Waals surface area contributed by atoms with Crippen molar-refractivity contribution in [3.8, 4) is 11.8 Å². The summed E-state index contributed by atoms with van der Waals surface area (Å²) in [6.45, 7) is 1.86. The summed E-state index contributed by atoms with van der Waals surface area (Å²) in [6.07, 6.45) is 1.63. The highest BCUT2D eigenvalue weighted by molar-refractivity contribution is 5.76. The number of nitrogens with zero attached hydrogens (tertiary/aromatic N) is 1. The number of rotatable bonds is 1. The number of H-pyrrole nitrogens is 1. The van der Waals surface area contributed by atoms with Crippen molar-refractivity contribution in [3.63, 3.8) is 0 Å². The molecular formula is C8H9N3O. The van der Waals surface area contributed by atoms with Crippen LogP contribution in [0.4, 0.5) is 0 Å². The number of amides is 1. The molecule has 0 atom stereocenters. The summed E-state index contributed by atoms with van der Waals surface area (Å²) in [4.78, 5) is 17.1. The molecule has 4 heteroatoms. The molecule has 0 unspecified atom stereocenters. The molecule has 0 radical (unpaired) electrons. The zero-order valence-electron chi connectivity index (χ0n) is 6.72. The molecular weight excluding hydrogens is 154 g/mol. The van der Waals surface area contributed by atoms with Gasteiger partial charge in [-0.3, -0.25) is 4.79 Å². The molecule has 3 N–H and O–H groups in total. The maximum Gasteiger partial charge on any atom is 0.229 e. The van der Waals surface area contributed by atoms with Gasteiger partial charge in [0.05, 0.1) is 12.7 Å². The van der Waals surface area contributed by atoms with Gasteiger partial charge in [0.25, 0.3) is 0 Å². The zero-order valence-corrected chi connectivity index (χ0v) is 6.72. The number of aromatic amines is 1. The van der Waals surface area contributed by atoms with Crippen LogP contribution in [0.25, 0.3) is 0 Å². The van der Waals surface area contributed by atoms with Gasteiger partial charge in [-0.2, -0.15) is 0 Å². The van der Waals surface area contributed by atoms with Crippen LogP contribution in [-0.4, -0.2) is 15.9 Å². The lowest BCUT2D eigenvalue weighted by atomic mass is 10.3. The summed E-state index contributed by atoms with van der Waals surface area (Å²) >= 11 is 0. The van der Waals surface area contributed by atoms with Gasteiger partial charge in [0.2, 0.25) is 5.91 Å². The number of hydrogen-bond acceptors (Lipinski definition) is 2. The van der Waals surface area contributed by atoms with Crippen molar-refractivity contribution in [1.82, 2.24) is 9.97 Å². The second kappa shape index (κ2) is 3.58. The maximum atomic E-state index is 10.3. The number of hydrogen-bond donors (Lipinski definition) is 2. The van der Waals surface area contributed by atoms with E-state index in [2.05, 4.69) is 21.8 Å². The second-order valence-corrected chi connectivity index (χ2v) is 2.32. The molecule has 1 amide bonds. The van der Waals surface area contributed by atoms with E-state index in [1.165, 1.54) is 0 Å². The number of nitrogens with two attached hydrogens (primary N) is 1. The second-order valence-electron chi connectivity index (χ2n) is 2.32. The fraction of sp³-hybridized carbons (Fsp3) is 0.250. The average molecular weight is 163 g/mol. The Balaban J connectivity index is 2.67. The number of primary amides is 1. The minimum Gasteiger partial charge on any atom is -0.369 e. The summed E-state index contributed by atoms with van der Waals surface area (Å²) in [7, 11) is 0. The van der Waals surface area contributed by atoms with E-state index in [1.807, 2.05) is 6.92 Å². The molecule has 0 aromatic carbocycles. The molecule has 0 aliphatic carbocycles. The van der Waals surface area contributed by atoms with Crippen LogP contribution < -0.4 is 5.73 Å². The van der Waals surface area contributed by atoms with Crippen LogP contribution in [-0.2, 0) is 4.79 Å². The number of carbonyl (C=O) groups is 1. The predicted molar refractivity (Wildman–Crippen MR) is 44.0 cm³/mol. The van der Waals surface area contributed by atoms with E-state index in [0.717, 1.165) is 5.69 Å². The average Bonchev–Trinajstić information content (AvgIpc) is 2.36. The fourth-order valence-corrected chi connectivity index (χ4v) is 0.700. The van der Waals surface area contributed by atoms with Crippen LogP contribution in [0.5, 0.6) is 0 Å². The highest BCUT2D eigenvalue weighted by Crippen LogP contribution is 1.96. The van der Waals surface area contributed by atoms with Gasteiger partial charge in [-0.15, -0.1) is 0 Å². The van der Waals surface area contributed by atoms with E-state index < -0.39 is 5.91 Å². The molecule has 0 saturated carbocycles. The first kappa shape index (κ1) is 8.34. The van der Waals surface area contributed by atoms with Gasteiger partial charge >= 0.3 is 0 Å². The summed E-state index contributed by atoms with van der Waals surface area (Å²) in [5.74, 6) is 4.93. The standard InChI is InChI=1S/C8H9N3O/c1-6-7(11-5-10-6)3-2-4-8(9)12/h5H,4H2,1H3,(H2,9,12)(H,10,11). The number of carbonyl (C=O) groups excluding carboxylic acids is 1. The number of imidazole rings is 1. The van der Waals surface area contributed by atoms with E-state index in [1.54, 1.807) is 6.33 Å². The monoisotopic (exact) mass is 163 g/mol. The quantitative estimate of drug-likeness (QED) is 0.569. The van der Waals surface area contributed by atoms with Gasteiger partial charge in [-0.1, -0.05) is 5.92 Å². The molecule has 1 aromatic heterocycles. The van der Waals surface area contributed by atoms with E-state index in [4.69, 9.17) is 5.73 Å². The van der Waals surface area contributed by atoms with Crippen LogP contribution in [0.1, 0.15) is 17.8 Å². The lowest BCUT2D eigenvalue weighted by molar-refractivity contribution is -0.117. The highest BCUT2D eigenvalue weighted by Gasteiger charge is 1.94. The Labute approximate surface area is 70.2 Å².